The number of Topliss-reactive ketones (excluding diaryl/α,β-unsaturated/α-hetero) is 1. The van der Waals surface area contributed by atoms with E-state index in [1.54, 1.807) is 57.8 Å². The fraction of sp³-hybridized carbons (Fsp3) is 0.156. The summed E-state index contributed by atoms with van der Waals surface area (Å²) in [6.07, 6.45) is 2.95. The molecule has 0 aliphatic heterocycles. The summed E-state index contributed by atoms with van der Waals surface area (Å²) >= 11 is 0. The second-order valence-corrected chi connectivity index (χ2v) is 9.31. The zero-order chi connectivity index (χ0) is 30.2. The van der Waals surface area contributed by atoms with Crippen molar-refractivity contribution in [3.05, 3.63) is 102 Å². The summed E-state index contributed by atoms with van der Waals surface area (Å²) in [4.78, 5) is 32.1. The fourth-order valence-corrected chi connectivity index (χ4v) is 4.21. The molecule has 0 unspecified atom stereocenters. The smallest absolute Gasteiger partial charge is 0.261 e. The molecule has 216 valence electrons. The minimum absolute atomic E-state index is 0.0139. The van der Waals surface area contributed by atoms with Gasteiger partial charge in [-0.15, -0.1) is 0 Å². The number of nitrogens with zero attached hydrogens (tertiary/aromatic N) is 2. The standard InChI is InChI=1S/C32H30F2N4O4/c1-38(15-14-33)19-27(30(39)21-4-9-24(34)10-5-21)32(40)37-25-11-6-20(7-12-25)26-16-23(18-36-31(26)35)22-8-13-28(41-2)29(17-22)42-3/h4-13,16-19H,14-15H2,1-3H3,(H2,35,36)(H,37,40)/b27-19+. The third kappa shape index (κ3) is 6.90. The molecule has 0 aliphatic rings. The maximum atomic E-state index is 13.4. The molecule has 0 radical (unpaired) electrons. The van der Waals surface area contributed by atoms with E-state index in [0.29, 0.717) is 28.6 Å². The van der Waals surface area contributed by atoms with Crippen molar-refractivity contribution in [3.63, 3.8) is 0 Å². The number of methoxy groups -OCH3 is 2. The normalized spacial score (nSPS) is 11.1. The number of pyridine rings is 1. The van der Waals surface area contributed by atoms with Gasteiger partial charge in [-0.3, -0.25) is 9.59 Å². The number of anilines is 2. The zero-order valence-electron chi connectivity index (χ0n) is 23.4. The Balaban J connectivity index is 1.58. The van der Waals surface area contributed by atoms with Crippen LogP contribution in [0.25, 0.3) is 22.3 Å². The van der Waals surface area contributed by atoms with Gasteiger partial charge in [0.25, 0.3) is 5.91 Å². The number of aromatic nitrogens is 1. The lowest BCUT2D eigenvalue weighted by Gasteiger charge is -2.15. The van der Waals surface area contributed by atoms with Crippen molar-refractivity contribution in [1.82, 2.24) is 9.88 Å². The summed E-state index contributed by atoms with van der Waals surface area (Å²) in [6, 6.07) is 19.2. The molecular weight excluding hydrogens is 542 g/mol. The van der Waals surface area contributed by atoms with Gasteiger partial charge in [-0.2, -0.15) is 0 Å². The predicted octanol–water partition coefficient (Wildman–Crippen LogP) is 5.76. The molecule has 0 atom stereocenters. The second-order valence-electron chi connectivity index (χ2n) is 9.31. The number of amides is 1. The van der Waals surface area contributed by atoms with E-state index in [2.05, 4.69) is 10.3 Å². The molecule has 4 rings (SSSR count). The minimum Gasteiger partial charge on any atom is -0.493 e. The summed E-state index contributed by atoms with van der Waals surface area (Å²) < 4.78 is 37.0. The molecule has 10 heteroatoms. The molecule has 3 N–H and O–H groups in total. The molecule has 1 aromatic heterocycles. The van der Waals surface area contributed by atoms with Crippen molar-refractivity contribution in [3.8, 4) is 33.8 Å². The molecule has 0 spiro atoms. The van der Waals surface area contributed by atoms with Crippen LogP contribution in [0.1, 0.15) is 10.4 Å². The average molecular weight is 573 g/mol. The number of carbonyl (C=O) groups excluding carboxylic acids is 2. The highest BCUT2D eigenvalue weighted by Gasteiger charge is 2.21. The van der Waals surface area contributed by atoms with Gasteiger partial charge in [-0.25, -0.2) is 13.8 Å². The lowest BCUT2D eigenvalue weighted by molar-refractivity contribution is -0.112. The highest BCUT2D eigenvalue weighted by atomic mass is 19.1. The van der Waals surface area contributed by atoms with Crippen LogP contribution >= 0.6 is 0 Å². The predicted molar refractivity (Wildman–Crippen MR) is 159 cm³/mol. The molecule has 3 aromatic carbocycles. The number of nitrogens with two attached hydrogens (primary N) is 1. The van der Waals surface area contributed by atoms with E-state index in [1.807, 2.05) is 18.2 Å². The number of carbonyl (C=O) groups is 2. The van der Waals surface area contributed by atoms with E-state index in [9.17, 15) is 18.4 Å². The fourth-order valence-electron chi connectivity index (χ4n) is 4.21. The van der Waals surface area contributed by atoms with Crippen molar-refractivity contribution in [2.24, 2.45) is 0 Å². The first-order valence-electron chi connectivity index (χ1n) is 12.9. The Bertz CT molecular complexity index is 1610. The lowest BCUT2D eigenvalue weighted by atomic mass is 10.0. The highest BCUT2D eigenvalue weighted by molar-refractivity contribution is 6.28. The number of nitrogens with one attached hydrogen (secondary N) is 1. The van der Waals surface area contributed by atoms with Crippen LogP contribution < -0.4 is 20.5 Å². The molecule has 1 amide bonds. The van der Waals surface area contributed by atoms with Crippen LogP contribution in [0.5, 0.6) is 11.5 Å². The Labute approximate surface area is 242 Å². The van der Waals surface area contributed by atoms with Crippen molar-refractivity contribution < 1.29 is 27.8 Å². The zero-order valence-corrected chi connectivity index (χ0v) is 23.4. The van der Waals surface area contributed by atoms with Crippen LogP contribution in [0.3, 0.4) is 0 Å². The molecule has 0 aliphatic carbocycles. The van der Waals surface area contributed by atoms with Gasteiger partial charge in [-0.1, -0.05) is 18.2 Å². The SMILES string of the molecule is COc1ccc(-c2cnc(N)c(-c3ccc(NC(=O)/C(=C/N(C)CCF)C(=O)c4ccc(F)cc4)cc3)c2)cc1OC. The van der Waals surface area contributed by atoms with E-state index < -0.39 is 24.2 Å². The number of benzene rings is 3. The molecule has 1 heterocycles. The first-order chi connectivity index (χ1) is 20.2. The van der Waals surface area contributed by atoms with Crippen LogP contribution in [0, 0.1) is 5.82 Å². The number of hydrogen-bond donors (Lipinski definition) is 2. The molecule has 0 saturated heterocycles. The molecule has 8 nitrogen and oxygen atoms in total. The van der Waals surface area contributed by atoms with Gasteiger partial charge in [0.2, 0.25) is 0 Å². The number of halogens is 2. The molecule has 0 saturated carbocycles. The van der Waals surface area contributed by atoms with Crippen LogP contribution in [0.15, 0.2) is 90.8 Å². The van der Waals surface area contributed by atoms with E-state index in [4.69, 9.17) is 15.2 Å². The Morgan fingerprint density at radius 2 is 1.60 bits per heavy atom. The van der Waals surface area contributed by atoms with Gasteiger partial charge in [0.05, 0.1) is 14.2 Å². The van der Waals surface area contributed by atoms with Gasteiger partial charge in [-0.05, 0) is 65.7 Å². The molecular formula is C32H30F2N4O4. The van der Waals surface area contributed by atoms with E-state index in [0.717, 1.165) is 28.8 Å². The average Bonchev–Trinajstić information content (AvgIpc) is 3.00. The van der Waals surface area contributed by atoms with Crippen LogP contribution in [-0.2, 0) is 4.79 Å². The maximum absolute atomic E-state index is 13.4. The number of ketones is 1. The van der Waals surface area contributed by atoms with Gasteiger partial charge < -0.3 is 25.4 Å². The first-order valence-corrected chi connectivity index (χ1v) is 12.9. The lowest BCUT2D eigenvalue weighted by Crippen LogP contribution is -2.25. The molecule has 42 heavy (non-hydrogen) atoms. The second kappa shape index (κ2) is 13.4. The quantitative estimate of drug-likeness (QED) is 0.102. The Kier molecular flexibility index (Phi) is 9.49. The topological polar surface area (TPSA) is 107 Å². The summed E-state index contributed by atoms with van der Waals surface area (Å²) in [6.45, 7) is -0.681. The minimum atomic E-state index is -0.695. The van der Waals surface area contributed by atoms with Crippen LogP contribution in [-0.4, -0.2) is 56.1 Å². The first kappa shape index (κ1) is 29.7. The van der Waals surface area contributed by atoms with Crippen LogP contribution in [0.4, 0.5) is 20.3 Å². The van der Waals surface area contributed by atoms with Gasteiger partial charge in [0.15, 0.2) is 17.3 Å². The Morgan fingerprint density at radius 1 is 0.929 bits per heavy atom. The maximum Gasteiger partial charge on any atom is 0.261 e. The summed E-state index contributed by atoms with van der Waals surface area (Å²) in [5, 5.41) is 2.71. The number of hydrogen-bond acceptors (Lipinski definition) is 7. The van der Waals surface area contributed by atoms with Gasteiger partial charge in [0, 0.05) is 48.4 Å². The number of rotatable bonds is 11. The van der Waals surface area contributed by atoms with Crippen molar-refractivity contribution in [2.45, 2.75) is 0 Å². The molecule has 0 fully saturated rings. The third-order valence-electron chi connectivity index (χ3n) is 6.47. The number of nitrogen functional groups attached to an aromatic ring is 1. The monoisotopic (exact) mass is 572 g/mol. The van der Waals surface area contributed by atoms with Gasteiger partial charge in [0.1, 0.15) is 23.9 Å². The van der Waals surface area contributed by atoms with Crippen molar-refractivity contribution in [2.75, 3.05) is 45.5 Å². The summed E-state index contributed by atoms with van der Waals surface area (Å²) in [5.41, 5.74) is 9.61. The summed E-state index contributed by atoms with van der Waals surface area (Å²) in [5.74, 6) is -0.326. The largest absolute Gasteiger partial charge is 0.493 e. The Morgan fingerprint density at radius 3 is 2.24 bits per heavy atom. The summed E-state index contributed by atoms with van der Waals surface area (Å²) in [7, 11) is 4.68. The van der Waals surface area contributed by atoms with Gasteiger partial charge >= 0.3 is 0 Å². The molecule has 0 bridgehead atoms. The third-order valence-corrected chi connectivity index (χ3v) is 6.47. The van der Waals surface area contributed by atoms with Crippen LogP contribution in [0.2, 0.25) is 0 Å². The highest BCUT2D eigenvalue weighted by Crippen LogP contribution is 2.35. The Hall–Kier alpha value is -5.25. The molecule has 4 aromatic rings. The van der Waals surface area contributed by atoms with E-state index in [1.165, 1.54) is 23.2 Å². The van der Waals surface area contributed by atoms with Crippen molar-refractivity contribution in [1.29, 1.82) is 0 Å². The number of ether oxygens (including phenoxy) is 2. The van der Waals surface area contributed by atoms with Crippen molar-refractivity contribution >= 4 is 23.2 Å². The van der Waals surface area contributed by atoms with E-state index >= 15 is 0 Å². The number of alkyl halides is 1. The van der Waals surface area contributed by atoms with E-state index in [-0.39, 0.29) is 17.7 Å².